The van der Waals surface area contributed by atoms with Crippen molar-refractivity contribution in [3.05, 3.63) is 29.3 Å². The van der Waals surface area contributed by atoms with Gasteiger partial charge in [0.05, 0.1) is 0 Å². The van der Waals surface area contributed by atoms with E-state index >= 15 is 0 Å². The van der Waals surface area contributed by atoms with E-state index in [1.807, 2.05) is 13.8 Å². The molecule has 0 saturated carbocycles. The van der Waals surface area contributed by atoms with E-state index in [4.69, 9.17) is 0 Å². The Kier molecular flexibility index (Phi) is 5.74. The van der Waals surface area contributed by atoms with E-state index in [0.717, 1.165) is 12.1 Å². The van der Waals surface area contributed by atoms with Crippen LogP contribution in [0.4, 0.5) is 22.0 Å². The maximum absolute atomic E-state index is 13.5. The molecule has 0 aliphatic carbocycles. The molecular formula is C13H16F5NO. The highest BCUT2D eigenvalue weighted by Crippen LogP contribution is 2.25. The van der Waals surface area contributed by atoms with Crippen LogP contribution in [0, 0.1) is 17.6 Å². The van der Waals surface area contributed by atoms with E-state index in [9.17, 15) is 22.0 Å². The highest BCUT2D eigenvalue weighted by atomic mass is 19.4. The molecule has 0 spiro atoms. The Hall–Kier alpha value is -1.37. The van der Waals surface area contributed by atoms with Crippen molar-refractivity contribution in [3.8, 4) is 5.75 Å². The van der Waals surface area contributed by atoms with Gasteiger partial charge in [-0.25, -0.2) is 8.78 Å². The fraction of sp³-hybridized carbons (Fsp3) is 0.538. The van der Waals surface area contributed by atoms with Gasteiger partial charge in [-0.3, -0.25) is 0 Å². The lowest BCUT2D eigenvalue weighted by Crippen LogP contribution is -2.21. The van der Waals surface area contributed by atoms with E-state index in [-0.39, 0.29) is 6.54 Å². The van der Waals surface area contributed by atoms with Gasteiger partial charge in [-0.2, -0.15) is 13.2 Å². The quantitative estimate of drug-likeness (QED) is 0.809. The second-order valence-corrected chi connectivity index (χ2v) is 4.82. The Morgan fingerprint density at radius 1 is 1.15 bits per heavy atom. The van der Waals surface area contributed by atoms with Crippen LogP contribution >= 0.6 is 0 Å². The maximum atomic E-state index is 13.5. The van der Waals surface area contributed by atoms with Crippen molar-refractivity contribution in [2.45, 2.75) is 26.6 Å². The third-order valence-electron chi connectivity index (χ3n) is 2.32. The standard InChI is InChI=1S/C13H16F5NO/c1-8(2)5-19-6-9-3-10(14)12(11(15)4-9)20-7-13(16,17)18/h3-4,8,19H,5-7H2,1-2H3. The molecule has 7 heteroatoms. The number of rotatable bonds is 6. The fourth-order valence-electron chi connectivity index (χ4n) is 1.51. The summed E-state index contributed by atoms with van der Waals surface area (Å²) in [5.41, 5.74) is 0.306. The Labute approximate surface area is 113 Å². The molecule has 1 aromatic rings. The molecule has 1 aromatic carbocycles. The first-order chi connectivity index (χ1) is 9.19. The van der Waals surface area contributed by atoms with Gasteiger partial charge in [-0.15, -0.1) is 0 Å². The lowest BCUT2D eigenvalue weighted by atomic mass is 10.1. The fourth-order valence-corrected chi connectivity index (χ4v) is 1.51. The van der Waals surface area contributed by atoms with Crippen LogP contribution in [0.2, 0.25) is 0 Å². The van der Waals surface area contributed by atoms with Crippen LogP contribution in [0.3, 0.4) is 0 Å². The molecule has 1 rings (SSSR count). The van der Waals surface area contributed by atoms with Crippen LogP contribution in [-0.2, 0) is 6.54 Å². The maximum Gasteiger partial charge on any atom is 0.422 e. The normalized spacial score (nSPS) is 12.0. The van der Waals surface area contributed by atoms with Gasteiger partial charge in [0.2, 0.25) is 0 Å². The van der Waals surface area contributed by atoms with Crippen molar-refractivity contribution < 1.29 is 26.7 Å². The summed E-state index contributed by atoms with van der Waals surface area (Å²) in [6.07, 6.45) is -4.64. The third kappa shape index (κ3) is 5.73. The average molecular weight is 297 g/mol. The molecule has 0 aliphatic heterocycles. The summed E-state index contributed by atoms with van der Waals surface area (Å²) in [5, 5.41) is 2.98. The smallest absolute Gasteiger partial charge is 0.422 e. The van der Waals surface area contributed by atoms with Gasteiger partial charge in [-0.1, -0.05) is 13.8 Å². The summed E-state index contributed by atoms with van der Waals surface area (Å²) < 4.78 is 67.0. The minimum Gasteiger partial charge on any atom is -0.478 e. The zero-order chi connectivity index (χ0) is 15.3. The monoisotopic (exact) mass is 297 g/mol. The highest BCUT2D eigenvalue weighted by Gasteiger charge is 2.29. The van der Waals surface area contributed by atoms with Crippen LogP contribution < -0.4 is 10.1 Å². The van der Waals surface area contributed by atoms with Gasteiger partial charge in [0.1, 0.15) is 0 Å². The topological polar surface area (TPSA) is 21.3 Å². The predicted molar refractivity (Wildman–Crippen MR) is 64.5 cm³/mol. The lowest BCUT2D eigenvalue weighted by molar-refractivity contribution is -0.154. The molecule has 20 heavy (non-hydrogen) atoms. The third-order valence-corrected chi connectivity index (χ3v) is 2.32. The number of ether oxygens (including phenoxy) is 1. The summed E-state index contributed by atoms with van der Waals surface area (Å²) in [7, 11) is 0. The first kappa shape index (κ1) is 16.7. The van der Waals surface area contributed by atoms with E-state index in [2.05, 4.69) is 10.1 Å². The molecule has 114 valence electrons. The minimum atomic E-state index is -4.64. The molecule has 0 unspecified atom stereocenters. The second kappa shape index (κ2) is 6.88. The number of hydrogen-bond acceptors (Lipinski definition) is 2. The van der Waals surface area contributed by atoms with E-state index < -0.39 is 30.2 Å². The average Bonchev–Trinajstić information content (AvgIpc) is 2.25. The summed E-state index contributed by atoms with van der Waals surface area (Å²) in [5.74, 6) is -2.92. The Bertz CT molecular complexity index is 422. The first-order valence-electron chi connectivity index (χ1n) is 6.07. The molecule has 0 fully saturated rings. The Morgan fingerprint density at radius 2 is 1.70 bits per heavy atom. The molecule has 0 atom stereocenters. The molecule has 0 aromatic heterocycles. The number of benzene rings is 1. The molecule has 0 radical (unpaired) electrons. The SMILES string of the molecule is CC(C)CNCc1cc(F)c(OCC(F)(F)F)c(F)c1. The van der Waals surface area contributed by atoms with Crippen LogP contribution in [0.1, 0.15) is 19.4 Å². The minimum absolute atomic E-state index is 0.228. The number of nitrogens with one attached hydrogen (secondary N) is 1. The Balaban J connectivity index is 2.71. The molecule has 1 N–H and O–H groups in total. The van der Waals surface area contributed by atoms with Crippen molar-refractivity contribution in [1.29, 1.82) is 0 Å². The largest absolute Gasteiger partial charge is 0.478 e. The van der Waals surface area contributed by atoms with Crippen LogP contribution in [0.25, 0.3) is 0 Å². The van der Waals surface area contributed by atoms with Crippen LogP contribution in [0.15, 0.2) is 12.1 Å². The molecular weight excluding hydrogens is 281 g/mol. The summed E-state index contributed by atoms with van der Waals surface area (Å²) >= 11 is 0. The molecule has 2 nitrogen and oxygen atoms in total. The van der Waals surface area contributed by atoms with E-state index in [1.165, 1.54) is 0 Å². The summed E-state index contributed by atoms with van der Waals surface area (Å²) in [6, 6.07) is 1.92. The van der Waals surface area contributed by atoms with Crippen LogP contribution in [-0.4, -0.2) is 19.3 Å². The number of halogens is 5. The zero-order valence-corrected chi connectivity index (χ0v) is 11.2. The molecule has 0 saturated heterocycles. The first-order valence-corrected chi connectivity index (χ1v) is 6.07. The van der Waals surface area contributed by atoms with Crippen molar-refractivity contribution in [2.75, 3.05) is 13.2 Å². The predicted octanol–water partition coefficient (Wildman–Crippen LogP) is 3.65. The van der Waals surface area contributed by atoms with E-state index in [0.29, 0.717) is 18.0 Å². The van der Waals surface area contributed by atoms with Crippen molar-refractivity contribution in [2.24, 2.45) is 5.92 Å². The van der Waals surface area contributed by atoms with Crippen molar-refractivity contribution in [3.63, 3.8) is 0 Å². The molecule has 0 aliphatic rings. The van der Waals surface area contributed by atoms with Crippen LogP contribution in [0.5, 0.6) is 5.75 Å². The molecule has 0 amide bonds. The number of alkyl halides is 3. The van der Waals surface area contributed by atoms with Crippen molar-refractivity contribution in [1.82, 2.24) is 5.32 Å². The van der Waals surface area contributed by atoms with Crippen molar-refractivity contribution >= 4 is 0 Å². The van der Waals surface area contributed by atoms with Gasteiger partial charge < -0.3 is 10.1 Å². The number of hydrogen-bond donors (Lipinski definition) is 1. The summed E-state index contributed by atoms with van der Waals surface area (Å²) in [4.78, 5) is 0. The molecule has 0 bridgehead atoms. The van der Waals surface area contributed by atoms with Gasteiger partial charge >= 0.3 is 6.18 Å². The summed E-state index contributed by atoms with van der Waals surface area (Å²) in [6.45, 7) is 3.11. The van der Waals surface area contributed by atoms with Gasteiger partial charge in [0, 0.05) is 6.54 Å². The van der Waals surface area contributed by atoms with Gasteiger partial charge in [-0.05, 0) is 30.2 Å². The van der Waals surface area contributed by atoms with Gasteiger partial charge in [0.15, 0.2) is 24.0 Å². The van der Waals surface area contributed by atoms with Gasteiger partial charge in [0.25, 0.3) is 0 Å². The molecule has 0 heterocycles. The van der Waals surface area contributed by atoms with E-state index in [1.54, 1.807) is 0 Å². The second-order valence-electron chi connectivity index (χ2n) is 4.82. The zero-order valence-electron chi connectivity index (χ0n) is 11.2. The highest BCUT2D eigenvalue weighted by molar-refractivity contribution is 5.31. The Morgan fingerprint density at radius 3 is 2.15 bits per heavy atom. The lowest BCUT2D eigenvalue weighted by Gasteiger charge is -2.12.